The fraction of sp³-hybridized carbons (Fsp3) is 0.421. The zero-order valence-electron chi connectivity index (χ0n) is 15.6. The quantitative estimate of drug-likeness (QED) is 0.502. The zero-order chi connectivity index (χ0) is 20.0. The molecule has 0 aliphatic heterocycles. The molecule has 0 unspecified atom stereocenters. The van der Waals surface area contributed by atoms with Gasteiger partial charge < -0.3 is 9.84 Å². The average molecular weight is 413 g/mol. The molecule has 2 rings (SSSR count). The third-order valence-corrected chi connectivity index (χ3v) is 6.50. The molecule has 1 aromatic heterocycles. The van der Waals surface area contributed by atoms with E-state index < -0.39 is 16.2 Å². The molecule has 0 aliphatic carbocycles. The normalized spacial score (nSPS) is 12.7. The van der Waals surface area contributed by atoms with Gasteiger partial charge in [0.15, 0.2) is 0 Å². The van der Waals surface area contributed by atoms with Gasteiger partial charge in [-0.25, -0.2) is 4.79 Å². The number of carbonyl (C=O) groups is 1. The molecule has 1 atom stereocenters. The van der Waals surface area contributed by atoms with Crippen LogP contribution in [0.5, 0.6) is 0 Å². The van der Waals surface area contributed by atoms with Gasteiger partial charge in [-0.15, -0.1) is 11.3 Å². The molecule has 0 aliphatic rings. The molecule has 1 aromatic carbocycles. The number of esters is 1. The minimum atomic E-state index is -3.90. The highest BCUT2D eigenvalue weighted by atomic mass is 32.2. The topological polar surface area (TPSA) is 89.9 Å². The Labute approximate surface area is 163 Å². The predicted octanol–water partition coefficient (Wildman–Crippen LogP) is 3.24. The molecule has 0 radical (unpaired) electrons. The molecular formula is C19H24O6S2. The Hall–Kier alpha value is -1.74. The van der Waals surface area contributed by atoms with Crippen LogP contribution in [0.2, 0.25) is 0 Å². The second-order valence-electron chi connectivity index (χ2n) is 6.18. The molecule has 1 N–H and O–H groups in total. The van der Waals surface area contributed by atoms with Crippen molar-refractivity contribution in [1.29, 1.82) is 0 Å². The highest BCUT2D eigenvalue weighted by molar-refractivity contribution is 7.86. The maximum Gasteiger partial charge on any atom is 0.348 e. The minimum Gasteiger partial charge on any atom is -0.462 e. The summed E-state index contributed by atoms with van der Waals surface area (Å²) in [4.78, 5) is 13.3. The summed E-state index contributed by atoms with van der Waals surface area (Å²) in [5.74, 6) is -0.357. The number of aliphatic hydroxyl groups is 1. The van der Waals surface area contributed by atoms with Crippen molar-refractivity contribution in [2.75, 3.05) is 13.2 Å². The smallest absolute Gasteiger partial charge is 0.348 e. The van der Waals surface area contributed by atoms with Crippen molar-refractivity contribution in [2.24, 2.45) is 0 Å². The van der Waals surface area contributed by atoms with E-state index in [1.165, 1.54) is 23.5 Å². The Morgan fingerprint density at radius 1 is 1.22 bits per heavy atom. The Bertz CT molecular complexity index is 868. The van der Waals surface area contributed by atoms with Gasteiger partial charge in [0.2, 0.25) is 0 Å². The second kappa shape index (κ2) is 9.45. The lowest BCUT2D eigenvalue weighted by Crippen LogP contribution is -2.19. The van der Waals surface area contributed by atoms with Gasteiger partial charge in [-0.1, -0.05) is 17.7 Å². The van der Waals surface area contributed by atoms with Crippen LogP contribution in [-0.4, -0.2) is 38.8 Å². The molecule has 148 valence electrons. The molecule has 1 heterocycles. The van der Waals surface area contributed by atoms with Crippen molar-refractivity contribution in [3.63, 3.8) is 0 Å². The minimum absolute atomic E-state index is 0.0634. The SMILES string of the molecule is CCOC(=O)c1cc(C)c(CC[C@@H](O)COS(=O)(=O)c2ccc(C)cc2)s1. The standard InChI is InChI=1S/C19H24O6S2/c1-4-24-19(21)18-11-14(3)17(26-18)10-7-15(20)12-25-27(22,23)16-8-5-13(2)6-9-16/h5-6,8-9,11,15,20H,4,7,10,12H2,1-3H3/t15-/m1/s1. The summed E-state index contributed by atoms with van der Waals surface area (Å²) >= 11 is 1.33. The Balaban J connectivity index is 1.88. The lowest BCUT2D eigenvalue weighted by atomic mass is 10.1. The molecule has 0 fully saturated rings. The molecule has 2 aromatic rings. The van der Waals surface area contributed by atoms with E-state index in [1.54, 1.807) is 25.1 Å². The number of benzene rings is 1. The summed E-state index contributed by atoms with van der Waals surface area (Å²) in [7, 11) is -3.90. The van der Waals surface area contributed by atoms with Crippen LogP contribution in [0.15, 0.2) is 35.2 Å². The van der Waals surface area contributed by atoms with Gasteiger partial charge in [-0.3, -0.25) is 4.18 Å². The lowest BCUT2D eigenvalue weighted by Gasteiger charge is -2.11. The third-order valence-electron chi connectivity index (χ3n) is 3.93. The molecular weight excluding hydrogens is 388 g/mol. The van der Waals surface area contributed by atoms with Gasteiger partial charge in [0, 0.05) is 4.88 Å². The second-order valence-corrected chi connectivity index (χ2v) is 8.93. The van der Waals surface area contributed by atoms with E-state index in [0.29, 0.717) is 24.3 Å². The summed E-state index contributed by atoms with van der Waals surface area (Å²) in [6.45, 7) is 5.50. The number of hydrogen-bond acceptors (Lipinski definition) is 7. The Kier molecular flexibility index (Phi) is 7.55. The van der Waals surface area contributed by atoms with Crippen LogP contribution in [0.3, 0.4) is 0 Å². The first-order chi connectivity index (χ1) is 12.7. The molecule has 0 saturated heterocycles. The van der Waals surface area contributed by atoms with E-state index in [2.05, 4.69) is 0 Å². The molecule has 8 heteroatoms. The first-order valence-corrected chi connectivity index (χ1v) is 10.9. The summed E-state index contributed by atoms with van der Waals surface area (Å²) in [6.07, 6.45) is -0.0873. The number of rotatable bonds is 9. The molecule has 27 heavy (non-hydrogen) atoms. The van der Waals surface area contributed by atoms with Crippen LogP contribution in [0.4, 0.5) is 0 Å². The van der Waals surface area contributed by atoms with E-state index >= 15 is 0 Å². The number of thiophene rings is 1. The first-order valence-electron chi connectivity index (χ1n) is 8.63. The van der Waals surface area contributed by atoms with Gasteiger partial charge in [0.1, 0.15) is 4.88 Å². The van der Waals surface area contributed by atoms with Crippen LogP contribution in [0.1, 0.15) is 39.0 Å². The lowest BCUT2D eigenvalue weighted by molar-refractivity contribution is 0.0532. The van der Waals surface area contributed by atoms with Crippen molar-refractivity contribution >= 4 is 27.4 Å². The van der Waals surface area contributed by atoms with Gasteiger partial charge >= 0.3 is 5.97 Å². The van der Waals surface area contributed by atoms with Gasteiger partial charge in [-0.2, -0.15) is 8.42 Å². The van der Waals surface area contributed by atoms with Crippen molar-refractivity contribution < 1.29 is 27.2 Å². The van der Waals surface area contributed by atoms with E-state index in [4.69, 9.17) is 8.92 Å². The Morgan fingerprint density at radius 3 is 2.52 bits per heavy atom. The largest absolute Gasteiger partial charge is 0.462 e. The van der Waals surface area contributed by atoms with Gasteiger partial charge in [0.25, 0.3) is 10.1 Å². The summed E-state index contributed by atoms with van der Waals surface area (Å²) < 4.78 is 34.2. The molecule has 0 bridgehead atoms. The summed E-state index contributed by atoms with van der Waals surface area (Å²) in [5, 5.41) is 10.1. The summed E-state index contributed by atoms with van der Waals surface area (Å²) in [5.41, 5.74) is 1.89. The molecule has 6 nitrogen and oxygen atoms in total. The average Bonchev–Trinajstić information content (AvgIpc) is 3.00. The van der Waals surface area contributed by atoms with Crippen molar-refractivity contribution in [3.8, 4) is 0 Å². The van der Waals surface area contributed by atoms with Crippen molar-refractivity contribution in [2.45, 2.75) is 44.6 Å². The van der Waals surface area contributed by atoms with Crippen LogP contribution in [-0.2, 0) is 25.5 Å². The van der Waals surface area contributed by atoms with Crippen molar-refractivity contribution in [3.05, 3.63) is 51.2 Å². The van der Waals surface area contributed by atoms with Gasteiger partial charge in [0.05, 0.1) is 24.2 Å². The van der Waals surface area contributed by atoms with E-state index in [0.717, 1.165) is 16.0 Å². The van der Waals surface area contributed by atoms with E-state index in [-0.39, 0.29) is 17.5 Å². The number of ether oxygens (including phenoxy) is 1. The first kappa shape index (κ1) is 21.6. The van der Waals surface area contributed by atoms with Crippen LogP contribution in [0.25, 0.3) is 0 Å². The zero-order valence-corrected chi connectivity index (χ0v) is 17.2. The maximum absolute atomic E-state index is 12.1. The van der Waals surface area contributed by atoms with E-state index in [9.17, 15) is 18.3 Å². The predicted molar refractivity (Wildman–Crippen MR) is 104 cm³/mol. The molecule has 0 spiro atoms. The highest BCUT2D eigenvalue weighted by Gasteiger charge is 2.18. The van der Waals surface area contributed by atoms with Crippen molar-refractivity contribution in [1.82, 2.24) is 0 Å². The number of aliphatic hydroxyl groups excluding tert-OH is 1. The fourth-order valence-corrected chi connectivity index (χ4v) is 4.42. The van der Waals surface area contributed by atoms with Crippen LogP contribution in [0, 0.1) is 13.8 Å². The fourth-order valence-electron chi connectivity index (χ4n) is 2.39. The van der Waals surface area contributed by atoms with Crippen LogP contribution >= 0.6 is 11.3 Å². The molecule has 0 saturated carbocycles. The summed E-state index contributed by atoms with van der Waals surface area (Å²) in [6, 6.07) is 8.09. The number of hydrogen-bond donors (Lipinski definition) is 1. The molecule has 0 amide bonds. The monoisotopic (exact) mass is 412 g/mol. The highest BCUT2D eigenvalue weighted by Crippen LogP contribution is 2.24. The Morgan fingerprint density at radius 2 is 1.89 bits per heavy atom. The number of aryl methyl sites for hydroxylation is 3. The van der Waals surface area contributed by atoms with Crippen LogP contribution < -0.4 is 0 Å². The third kappa shape index (κ3) is 6.14. The maximum atomic E-state index is 12.1. The van der Waals surface area contributed by atoms with Gasteiger partial charge in [-0.05, 0) is 57.4 Å². The van der Waals surface area contributed by atoms with E-state index in [1.807, 2.05) is 13.8 Å². The number of carbonyl (C=O) groups excluding carboxylic acids is 1.